The van der Waals surface area contributed by atoms with Crippen molar-refractivity contribution in [3.05, 3.63) is 0 Å². The van der Waals surface area contributed by atoms with Gasteiger partial charge in [-0.1, -0.05) is 0 Å². The summed E-state index contributed by atoms with van der Waals surface area (Å²) in [6.45, 7) is 4.10. The lowest BCUT2D eigenvalue weighted by Crippen LogP contribution is -2.42. The van der Waals surface area contributed by atoms with E-state index in [2.05, 4.69) is 17.8 Å². The number of rotatable bonds is 4. The quantitative estimate of drug-likeness (QED) is 0.468. The van der Waals surface area contributed by atoms with E-state index in [4.69, 9.17) is 14.0 Å². The molecule has 1 unspecified atom stereocenters. The predicted molar refractivity (Wildman–Crippen MR) is 48.2 cm³/mol. The van der Waals surface area contributed by atoms with Crippen LogP contribution in [0.5, 0.6) is 0 Å². The van der Waals surface area contributed by atoms with Crippen LogP contribution in [0, 0.1) is 0 Å². The monoisotopic (exact) mass is 193 g/mol. The van der Waals surface area contributed by atoms with Gasteiger partial charge in [-0.25, -0.2) is 0 Å². The van der Waals surface area contributed by atoms with Crippen molar-refractivity contribution in [2.75, 3.05) is 39.5 Å². The summed E-state index contributed by atoms with van der Waals surface area (Å²) in [7, 11) is 0. The Kier molecular flexibility index (Phi) is 4.94. The molecule has 0 aliphatic carbocycles. The van der Waals surface area contributed by atoms with Gasteiger partial charge < -0.3 is 14.0 Å². The molecule has 0 radical (unpaired) electrons. The number of nitrogens with zero attached hydrogens (tertiary/aromatic N) is 1. The van der Waals surface area contributed by atoms with Crippen LogP contribution in [0.25, 0.3) is 0 Å². The highest BCUT2D eigenvalue weighted by Crippen LogP contribution is 2.02. The third-order valence-electron chi connectivity index (χ3n) is 1.92. The number of ether oxygens (including phenoxy) is 1. The van der Waals surface area contributed by atoms with Gasteiger partial charge in [0.15, 0.2) is 0 Å². The fourth-order valence-electron chi connectivity index (χ4n) is 1.20. The molecule has 1 atom stereocenters. The predicted octanol–water partition coefficient (Wildman–Crippen LogP) is -0.459. The lowest BCUT2D eigenvalue weighted by atomic mass is 10.3. The summed E-state index contributed by atoms with van der Waals surface area (Å²) in [5, 5.41) is 8.82. The van der Waals surface area contributed by atoms with E-state index in [-0.39, 0.29) is 12.7 Å². The molecule has 72 valence electrons. The minimum Gasteiger partial charge on any atom is -0.394 e. The fraction of sp³-hybridized carbons (Fsp3) is 1.00. The molecule has 12 heavy (non-hydrogen) atoms. The second kappa shape index (κ2) is 5.77. The maximum absolute atomic E-state index is 8.82. The Labute approximate surface area is 78.1 Å². The van der Waals surface area contributed by atoms with Crippen LogP contribution in [-0.4, -0.2) is 55.6 Å². The van der Waals surface area contributed by atoms with Gasteiger partial charge >= 0.3 is 0 Å². The van der Waals surface area contributed by atoms with Gasteiger partial charge in [0.1, 0.15) is 6.10 Å². The van der Waals surface area contributed by atoms with E-state index < -0.39 is 0 Å². The number of hydrogen-bond acceptors (Lipinski definition) is 5. The van der Waals surface area contributed by atoms with Crippen molar-refractivity contribution < 1.29 is 14.0 Å². The van der Waals surface area contributed by atoms with Gasteiger partial charge in [-0.3, -0.25) is 4.90 Å². The van der Waals surface area contributed by atoms with Crippen LogP contribution in [0.4, 0.5) is 0 Å². The minimum atomic E-state index is -0.188. The third kappa shape index (κ3) is 3.28. The van der Waals surface area contributed by atoms with Crippen LogP contribution >= 0.6 is 12.9 Å². The standard InChI is InChI=1S/C7H15NO3S/c9-6-7(11-12)5-8-1-3-10-4-2-8/h7,9,12H,1-6H2. The molecule has 0 amide bonds. The number of thiol groups is 1. The Morgan fingerprint density at radius 3 is 2.67 bits per heavy atom. The van der Waals surface area contributed by atoms with Gasteiger partial charge in [-0.15, -0.1) is 0 Å². The largest absolute Gasteiger partial charge is 0.394 e. The number of morpholine rings is 1. The molecule has 0 saturated carbocycles. The molecule has 0 aromatic rings. The van der Waals surface area contributed by atoms with Crippen LogP contribution in [0.2, 0.25) is 0 Å². The summed E-state index contributed by atoms with van der Waals surface area (Å²) in [5.41, 5.74) is 0. The zero-order valence-corrected chi connectivity index (χ0v) is 7.87. The summed E-state index contributed by atoms with van der Waals surface area (Å²) in [4.78, 5) is 2.20. The Hall–Kier alpha value is 0.190. The van der Waals surface area contributed by atoms with E-state index in [9.17, 15) is 0 Å². The molecule has 1 saturated heterocycles. The van der Waals surface area contributed by atoms with E-state index in [1.54, 1.807) is 0 Å². The molecule has 0 aromatic heterocycles. The maximum atomic E-state index is 8.82. The first kappa shape index (κ1) is 10.3. The number of aliphatic hydroxyl groups excluding tert-OH is 1. The smallest absolute Gasteiger partial charge is 0.108 e. The first-order valence-electron chi connectivity index (χ1n) is 4.08. The molecule has 0 aromatic carbocycles. The molecule has 5 heteroatoms. The van der Waals surface area contributed by atoms with E-state index >= 15 is 0 Å². The molecular weight excluding hydrogens is 178 g/mol. The molecule has 1 aliphatic heterocycles. The lowest BCUT2D eigenvalue weighted by molar-refractivity contribution is 0.0132. The van der Waals surface area contributed by atoms with Crippen molar-refractivity contribution in [2.24, 2.45) is 0 Å². The van der Waals surface area contributed by atoms with E-state index in [1.807, 2.05) is 0 Å². The summed E-state index contributed by atoms with van der Waals surface area (Å²) in [6, 6.07) is 0. The van der Waals surface area contributed by atoms with Gasteiger partial charge in [-0.05, 0) is 12.9 Å². The van der Waals surface area contributed by atoms with Crippen molar-refractivity contribution >= 4 is 12.9 Å². The highest BCUT2D eigenvalue weighted by atomic mass is 32.1. The second-order valence-corrected chi connectivity index (χ2v) is 3.03. The normalized spacial score (nSPS) is 22.5. The van der Waals surface area contributed by atoms with Crippen molar-refractivity contribution in [1.82, 2.24) is 4.90 Å². The average Bonchev–Trinajstić information content (AvgIpc) is 2.16. The van der Waals surface area contributed by atoms with Crippen LogP contribution in [-0.2, 0) is 8.92 Å². The van der Waals surface area contributed by atoms with Crippen molar-refractivity contribution in [2.45, 2.75) is 6.10 Å². The van der Waals surface area contributed by atoms with Crippen LogP contribution in [0.1, 0.15) is 0 Å². The van der Waals surface area contributed by atoms with E-state index in [1.165, 1.54) is 0 Å². The third-order valence-corrected chi connectivity index (χ3v) is 2.22. The molecule has 1 heterocycles. The first-order valence-corrected chi connectivity index (χ1v) is 4.44. The van der Waals surface area contributed by atoms with Crippen LogP contribution in [0.3, 0.4) is 0 Å². The zero-order chi connectivity index (χ0) is 8.81. The highest BCUT2D eigenvalue weighted by molar-refractivity contribution is 7.75. The number of hydrogen-bond donors (Lipinski definition) is 2. The molecule has 1 N–H and O–H groups in total. The van der Waals surface area contributed by atoms with Crippen LogP contribution < -0.4 is 0 Å². The highest BCUT2D eigenvalue weighted by Gasteiger charge is 2.15. The SMILES string of the molecule is OCC(CN1CCOCC1)OS. The second-order valence-electron chi connectivity index (χ2n) is 2.82. The van der Waals surface area contributed by atoms with Gasteiger partial charge in [0.05, 0.1) is 19.8 Å². The van der Waals surface area contributed by atoms with Crippen molar-refractivity contribution in [3.63, 3.8) is 0 Å². The van der Waals surface area contributed by atoms with Crippen molar-refractivity contribution in [3.8, 4) is 0 Å². The summed E-state index contributed by atoms with van der Waals surface area (Å²) >= 11 is 3.68. The van der Waals surface area contributed by atoms with Gasteiger partial charge in [0.2, 0.25) is 0 Å². The molecule has 4 nitrogen and oxygen atoms in total. The zero-order valence-electron chi connectivity index (χ0n) is 6.98. The van der Waals surface area contributed by atoms with Gasteiger partial charge in [0, 0.05) is 19.6 Å². The maximum Gasteiger partial charge on any atom is 0.108 e. The first-order chi connectivity index (χ1) is 5.86. The van der Waals surface area contributed by atoms with Crippen molar-refractivity contribution in [1.29, 1.82) is 0 Å². The topological polar surface area (TPSA) is 41.9 Å². The van der Waals surface area contributed by atoms with Gasteiger partial charge in [-0.2, -0.15) is 0 Å². The van der Waals surface area contributed by atoms with Crippen LogP contribution in [0.15, 0.2) is 0 Å². The Bertz CT molecular complexity index is 115. The molecule has 1 fully saturated rings. The molecule has 1 aliphatic rings. The molecular formula is C7H15NO3S. The van der Waals surface area contributed by atoms with Gasteiger partial charge in [0.25, 0.3) is 0 Å². The van der Waals surface area contributed by atoms with E-state index in [0.29, 0.717) is 0 Å². The molecule has 1 rings (SSSR count). The fourth-order valence-corrected chi connectivity index (χ4v) is 1.33. The Morgan fingerprint density at radius 1 is 1.50 bits per heavy atom. The lowest BCUT2D eigenvalue weighted by Gasteiger charge is -2.28. The Balaban J connectivity index is 2.18. The Morgan fingerprint density at radius 2 is 2.17 bits per heavy atom. The summed E-state index contributed by atoms with van der Waals surface area (Å²) in [5.74, 6) is 0. The molecule has 0 bridgehead atoms. The molecule has 0 spiro atoms. The summed E-state index contributed by atoms with van der Waals surface area (Å²) < 4.78 is 9.95. The average molecular weight is 193 g/mol. The summed E-state index contributed by atoms with van der Waals surface area (Å²) in [6.07, 6.45) is -0.188. The van der Waals surface area contributed by atoms with E-state index in [0.717, 1.165) is 32.8 Å². The minimum absolute atomic E-state index is 0.0147. The number of aliphatic hydroxyl groups is 1.